The highest BCUT2D eigenvalue weighted by Gasteiger charge is 2.22. The minimum Gasteiger partial charge on any atom is -0.322 e. The lowest BCUT2D eigenvalue weighted by Crippen LogP contribution is -2.23. The Morgan fingerprint density at radius 2 is 1.50 bits per heavy atom. The van der Waals surface area contributed by atoms with Crippen molar-refractivity contribution in [2.75, 3.05) is 15.4 Å². The highest BCUT2D eigenvalue weighted by Crippen LogP contribution is 2.24. The second-order valence-electron chi connectivity index (χ2n) is 9.99. The zero-order valence-corrected chi connectivity index (χ0v) is 24.8. The summed E-state index contributed by atoms with van der Waals surface area (Å²) in [6.07, 6.45) is 0. The number of halogens is 1. The van der Waals surface area contributed by atoms with Gasteiger partial charge in [0, 0.05) is 18.3 Å². The van der Waals surface area contributed by atoms with Crippen molar-refractivity contribution in [2.24, 2.45) is 7.05 Å². The molecule has 0 atom stereocenters. The van der Waals surface area contributed by atoms with Crippen molar-refractivity contribution in [2.45, 2.75) is 18.7 Å². The molecule has 0 fully saturated rings. The molecule has 0 aliphatic carbocycles. The summed E-state index contributed by atoms with van der Waals surface area (Å²) in [5, 5.41) is 5.38. The number of nitrogens with zero attached hydrogens (tertiary/aromatic N) is 2. The van der Waals surface area contributed by atoms with Gasteiger partial charge in [0.1, 0.15) is 11.5 Å². The maximum absolute atomic E-state index is 13.5. The van der Waals surface area contributed by atoms with E-state index < -0.39 is 33.2 Å². The van der Waals surface area contributed by atoms with Gasteiger partial charge in [-0.2, -0.15) is 0 Å². The molecule has 0 saturated carbocycles. The van der Waals surface area contributed by atoms with Gasteiger partial charge in [0.05, 0.1) is 27.5 Å². The van der Waals surface area contributed by atoms with Crippen molar-refractivity contribution >= 4 is 38.9 Å². The molecule has 4 aromatic carbocycles. The Kier molecular flexibility index (Phi) is 8.19. The predicted molar refractivity (Wildman–Crippen MR) is 166 cm³/mol. The molecule has 1 aromatic heterocycles. The summed E-state index contributed by atoms with van der Waals surface area (Å²) in [5.74, 6) is -1.77. The molecule has 0 spiro atoms. The summed E-state index contributed by atoms with van der Waals surface area (Å²) >= 11 is 0. The number of amides is 2. The van der Waals surface area contributed by atoms with E-state index in [0.29, 0.717) is 11.4 Å². The number of hydrogen-bond donors (Lipinski definition) is 3. The first kappa shape index (κ1) is 30.0. The van der Waals surface area contributed by atoms with Gasteiger partial charge in [0.25, 0.3) is 27.4 Å². The zero-order chi connectivity index (χ0) is 31.6. The molecule has 5 aromatic rings. The third kappa shape index (κ3) is 6.01. The van der Waals surface area contributed by atoms with Crippen molar-refractivity contribution in [1.29, 1.82) is 0 Å². The van der Waals surface area contributed by atoms with E-state index in [1.54, 1.807) is 55.1 Å². The Balaban J connectivity index is 1.35. The maximum Gasteiger partial charge on any atom is 0.295 e. The van der Waals surface area contributed by atoms with Crippen LogP contribution >= 0.6 is 0 Å². The van der Waals surface area contributed by atoms with Crippen LogP contribution in [-0.2, 0) is 17.1 Å². The quantitative estimate of drug-likeness (QED) is 0.220. The summed E-state index contributed by atoms with van der Waals surface area (Å²) in [7, 11) is -2.43. The van der Waals surface area contributed by atoms with Crippen LogP contribution in [0.5, 0.6) is 0 Å². The highest BCUT2D eigenvalue weighted by atomic mass is 32.2. The second kappa shape index (κ2) is 12.0. The summed E-state index contributed by atoms with van der Waals surface area (Å²) in [6, 6.07) is 24.4. The fourth-order valence-corrected chi connectivity index (χ4v) is 6.03. The van der Waals surface area contributed by atoms with E-state index in [-0.39, 0.29) is 38.6 Å². The van der Waals surface area contributed by atoms with Crippen LogP contribution in [0.1, 0.15) is 32.0 Å². The number of benzene rings is 4. The summed E-state index contributed by atoms with van der Waals surface area (Å²) in [4.78, 5) is 39.5. The first-order valence-corrected chi connectivity index (χ1v) is 14.9. The van der Waals surface area contributed by atoms with E-state index >= 15 is 0 Å². The molecule has 5 rings (SSSR count). The molecule has 0 radical (unpaired) electrons. The first-order valence-electron chi connectivity index (χ1n) is 13.4. The predicted octanol–water partition coefficient (Wildman–Crippen LogP) is 5.24. The Morgan fingerprint density at radius 1 is 0.795 bits per heavy atom. The minimum atomic E-state index is -4.14. The fourth-order valence-electron chi connectivity index (χ4n) is 4.72. The molecule has 10 nitrogen and oxygen atoms in total. The third-order valence-electron chi connectivity index (χ3n) is 7.02. The van der Waals surface area contributed by atoms with Gasteiger partial charge >= 0.3 is 0 Å². The van der Waals surface area contributed by atoms with Crippen LogP contribution in [0.3, 0.4) is 0 Å². The van der Waals surface area contributed by atoms with Gasteiger partial charge in [-0.15, -0.1) is 0 Å². The van der Waals surface area contributed by atoms with Gasteiger partial charge in [-0.1, -0.05) is 36.4 Å². The zero-order valence-electron chi connectivity index (χ0n) is 24.0. The number of para-hydroxylation sites is 2. The number of carbonyl (C=O) groups is 2. The van der Waals surface area contributed by atoms with Crippen molar-refractivity contribution < 1.29 is 22.4 Å². The average molecular weight is 614 g/mol. The number of anilines is 3. The van der Waals surface area contributed by atoms with Crippen LogP contribution in [0.2, 0.25) is 0 Å². The molecule has 12 heteroatoms. The number of hydrogen-bond acceptors (Lipinski definition) is 5. The molecule has 3 N–H and O–H groups in total. The van der Waals surface area contributed by atoms with Crippen molar-refractivity contribution in [3.8, 4) is 5.69 Å². The Morgan fingerprint density at radius 3 is 2.23 bits per heavy atom. The number of rotatable bonds is 8. The van der Waals surface area contributed by atoms with Crippen LogP contribution in [0, 0.1) is 19.7 Å². The Bertz CT molecular complexity index is 2070. The van der Waals surface area contributed by atoms with Gasteiger partial charge in [-0.3, -0.25) is 23.8 Å². The van der Waals surface area contributed by atoms with Crippen LogP contribution in [0.15, 0.2) is 107 Å². The molecule has 0 aliphatic rings. The monoisotopic (exact) mass is 613 g/mol. The lowest BCUT2D eigenvalue weighted by atomic mass is 10.1. The summed E-state index contributed by atoms with van der Waals surface area (Å²) in [6.45, 7) is 3.19. The summed E-state index contributed by atoms with van der Waals surface area (Å²) in [5.41, 5.74) is 1.59. The fraction of sp³-hybridized carbons (Fsp3) is 0.0938. The lowest BCUT2D eigenvalue weighted by Gasteiger charge is -2.14. The standard InChI is InChI=1S/C32H28FN5O5S/c1-20-18-23(33)16-17-28(20)44(42,43)36-27-15-8-7-14-26(27)31(40)34-24-11-9-10-22(19-24)30(39)35-29-21(2)37(3)38(32(29)41)25-12-5-4-6-13-25/h4-19,36H,1-3H3,(H,34,40)(H,35,39). The highest BCUT2D eigenvalue weighted by molar-refractivity contribution is 7.92. The molecule has 44 heavy (non-hydrogen) atoms. The normalized spacial score (nSPS) is 11.2. The molecule has 0 aliphatic heterocycles. The van der Waals surface area contributed by atoms with E-state index in [0.717, 1.165) is 18.2 Å². The molecule has 224 valence electrons. The number of aromatic nitrogens is 2. The van der Waals surface area contributed by atoms with Crippen LogP contribution in [0.25, 0.3) is 5.69 Å². The SMILES string of the molecule is Cc1cc(F)ccc1S(=O)(=O)Nc1ccccc1C(=O)Nc1cccc(C(=O)Nc2c(C)n(C)n(-c3ccccc3)c2=O)c1. The van der Waals surface area contributed by atoms with Crippen molar-refractivity contribution in [1.82, 2.24) is 9.36 Å². The van der Waals surface area contributed by atoms with Gasteiger partial charge < -0.3 is 10.6 Å². The van der Waals surface area contributed by atoms with Gasteiger partial charge in [-0.25, -0.2) is 17.5 Å². The number of carbonyl (C=O) groups excluding carboxylic acids is 2. The van der Waals surface area contributed by atoms with Crippen molar-refractivity contribution in [3.63, 3.8) is 0 Å². The van der Waals surface area contributed by atoms with Gasteiger partial charge in [0.15, 0.2) is 0 Å². The van der Waals surface area contributed by atoms with Gasteiger partial charge in [0.2, 0.25) is 0 Å². The van der Waals surface area contributed by atoms with Crippen LogP contribution in [0.4, 0.5) is 21.5 Å². The number of sulfonamides is 1. The van der Waals surface area contributed by atoms with E-state index in [2.05, 4.69) is 15.4 Å². The first-order chi connectivity index (χ1) is 21.0. The Hall–Kier alpha value is -5.49. The molecule has 0 unspecified atom stereocenters. The topological polar surface area (TPSA) is 131 Å². The lowest BCUT2D eigenvalue weighted by molar-refractivity contribution is 0.101. The molecule has 0 saturated heterocycles. The third-order valence-corrected chi connectivity index (χ3v) is 8.54. The molecular formula is C32H28FN5O5S. The molecule has 0 bridgehead atoms. The van der Waals surface area contributed by atoms with Crippen LogP contribution in [-0.4, -0.2) is 29.6 Å². The molecular weight excluding hydrogens is 585 g/mol. The second-order valence-corrected chi connectivity index (χ2v) is 11.6. The van der Waals surface area contributed by atoms with E-state index in [4.69, 9.17) is 0 Å². The minimum absolute atomic E-state index is 0.0110. The number of aryl methyl sites for hydroxylation is 1. The van der Waals surface area contributed by atoms with E-state index in [1.807, 2.05) is 18.2 Å². The Labute approximate surface area is 252 Å². The van der Waals surface area contributed by atoms with E-state index in [1.165, 1.54) is 35.9 Å². The molecule has 2 amide bonds. The van der Waals surface area contributed by atoms with Gasteiger partial charge in [-0.05, 0) is 80.1 Å². The van der Waals surface area contributed by atoms with Crippen LogP contribution < -0.4 is 20.9 Å². The number of nitrogens with one attached hydrogen (secondary N) is 3. The van der Waals surface area contributed by atoms with E-state index in [9.17, 15) is 27.2 Å². The smallest absolute Gasteiger partial charge is 0.295 e. The largest absolute Gasteiger partial charge is 0.322 e. The van der Waals surface area contributed by atoms with Crippen molar-refractivity contribution in [3.05, 3.63) is 136 Å². The molecule has 1 heterocycles. The maximum atomic E-state index is 13.5. The summed E-state index contributed by atoms with van der Waals surface area (Å²) < 4.78 is 45.1. The average Bonchev–Trinajstić information content (AvgIpc) is 3.20.